The molecular weight excluding hydrogens is 500 g/mol. The first-order chi connectivity index (χ1) is 18.6. The summed E-state index contributed by atoms with van der Waals surface area (Å²) in [5, 5.41) is 16.4. The number of thioether (sulfide) groups is 1. The van der Waals surface area contributed by atoms with Crippen molar-refractivity contribution in [1.82, 2.24) is 14.5 Å². The Bertz CT molecular complexity index is 1520. The van der Waals surface area contributed by atoms with Crippen molar-refractivity contribution in [3.05, 3.63) is 71.9 Å². The summed E-state index contributed by atoms with van der Waals surface area (Å²) in [6.07, 6.45) is 5.87. The van der Waals surface area contributed by atoms with Crippen LogP contribution >= 0.6 is 11.8 Å². The SMILES string of the molecule is N=C1/C(=C/c2cn(CCOc3ccccc3)c3ccccc23)C(=O)N=C2SC(CC(=O)N3CCCC3)=NN12. The third-order valence-electron chi connectivity index (χ3n) is 6.72. The molecule has 0 radical (unpaired) electrons. The quantitative estimate of drug-likeness (QED) is 0.461. The van der Waals surface area contributed by atoms with Gasteiger partial charge in [0.1, 0.15) is 17.4 Å². The molecule has 1 fully saturated rings. The van der Waals surface area contributed by atoms with E-state index in [1.54, 1.807) is 6.08 Å². The summed E-state index contributed by atoms with van der Waals surface area (Å²) in [7, 11) is 0. The van der Waals surface area contributed by atoms with Crippen LogP contribution in [0.2, 0.25) is 0 Å². The average Bonchev–Trinajstić information content (AvgIpc) is 3.67. The smallest absolute Gasteiger partial charge is 0.283 e. The first kappa shape index (κ1) is 24.2. The zero-order valence-corrected chi connectivity index (χ0v) is 21.5. The number of fused-ring (bicyclic) bond motifs is 2. The van der Waals surface area contributed by atoms with Crippen LogP contribution in [0.1, 0.15) is 24.8 Å². The number of aromatic nitrogens is 1. The molecule has 3 aromatic rings. The fourth-order valence-electron chi connectivity index (χ4n) is 4.82. The minimum absolute atomic E-state index is 0.0203. The highest BCUT2D eigenvalue weighted by molar-refractivity contribution is 8.27. The van der Waals surface area contributed by atoms with E-state index < -0.39 is 5.91 Å². The van der Waals surface area contributed by atoms with E-state index >= 15 is 0 Å². The summed E-state index contributed by atoms with van der Waals surface area (Å²) < 4.78 is 7.96. The molecule has 0 bridgehead atoms. The predicted molar refractivity (Wildman–Crippen MR) is 149 cm³/mol. The number of carbonyl (C=O) groups excluding carboxylic acids is 2. The van der Waals surface area contributed by atoms with E-state index in [4.69, 9.17) is 10.1 Å². The summed E-state index contributed by atoms with van der Waals surface area (Å²) in [6, 6.07) is 17.6. The Hall–Kier alpha value is -4.18. The molecule has 4 heterocycles. The van der Waals surface area contributed by atoms with E-state index in [0.717, 1.165) is 48.1 Å². The lowest BCUT2D eigenvalue weighted by molar-refractivity contribution is -0.128. The number of amides is 2. The monoisotopic (exact) mass is 526 g/mol. The Balaban J connectivity index is 1.23. The van der Waals surface area contributed by atoms with Gasteiger partial charge in [0.15, 0.2) is 5.84 Å². The molecule has 3 aliphatic heterocycles. The van der Waals surface area contributed by atoms with E-state index in [1.807, 2.05) is 65.7 Å². The molecule has 10 heteroatoms. The van der Waals surface area contributed by atoms with Crippen LogP contribution in [0.4, 0.5) is 0 Å². The minimum atomic E-state index is -0.486. The number of aliphatic imine (C=N–C) groups is 1. The third kappa shape index (κ3) is 4.74. The molecule has 0 aliphatic carbocycles. The molecule has 1 N–H and O–H groups in total. The van der Waals surface area contributed by atoms with E-state index in [0.29, 0.717) is 23.4 Å². The van der Waals surface area contributed by atoms with Gasteiger partial charge in [-0.3, -0.25) is 15.0 Å². The second kappa shape index (κ2) is 10.3. The average molecular weight is 527 g/mol. The van der Waals surface area contributed by atoms with Gasteiger partial charge in [-0.15, -0.1) is 0 Å². The van der Waals surface area contributed by atoms with Crippen molar-refractivity contribution in [2.75, 3.05) is 19.7 Å². The van der Waals surface area contributed by atoms with Crippen molar-refractivity contribution >= 4 is 56.6 Å². The molecule has 2 amide bonds. The summed E-state index contributed by atoms with van der Waals surface area (Å²) >= 11 is 1.18. The topological polar surface area (TPSA) is 103 Å². The maximum atomic E-state index is 13.0. The number of hydrazone groups is 1. The Morgan fingerprint density at radius 1 is 1.08 bits per heavy atom. The number of likely N-dealkylation sites (tertiary alicyclic amines) is 1. The van der Waals surface area contributed by atoms with E-state index in [1.165, 1.54) is 16.8 Å². The summed E-state index contributed by atoms with van der Waals surface area (Å²) in [6.45, 7) is 2.65. The Kier molecular flexibility index (Phi) is 6.55. The molecule has 0 unspecified atom stereocenters. The molecule has 2 aromatic carbocycles. The van der Waals surface area contributed by atoms with Gasteiger partial charge < -0.3 is 14.2 Å². The van der Waals surface area contributed by atoms with Gasteiger partial charge in [-0.1, -0.05) is 36.4 Å². The second-order valence-corrected chi connectivity index (χ2v) is 10.3. The molecule has 38 heavy (non-hydrogen) atoms. The van der Waals surface area contributed by atoms with Crippen molar-refractivity contribution in [1.29, 1.82) is 5.41 Å². The molecule has 0 atom stereocenters. The summed E-state index contributed by atoms with van der Waals surface area (Å²) in [5.41, 5.74) is 1.98. The highest BCUT2D eigenvalue weighted by Crippen LogP contribution is 2.31. The van der Waals surface area contributed by atoms with E-state index in [2.05, 4.69) is 14.7 Å². The second-order valence-electron chi connectivity index (χ2n) is 9.23. The van der Waals surface area contributed by atoms with Crippen LogP contribution < -0.4 is 4.74 Å². The van der Waals surface area contributed by atoms with Crippen molar-refractivity contribution in [2.45, 2.75) is 25.8 Å². The molecule has 6 rings (SSSR count). The lowest BCUT2D eigenvalue weighted by atomic mass is 10.1. The summed E-state index contributed by atoms with van der Waals surface area (Å²) in [4.78, 5) is 31.6. The number of rotatable bonds is 7. The van der Waals surface area contributed by atoms with Crippen LogP contribution in [0.15, 0.2) is 76.5 Å². The molecule has 3 aliphatic rings. The first-order valence-electron chi connectivity index (χ1n) is 12.6. The number of carbonyl (C=O) groups is 2. The van der Waals surface area contributed by atoms with Gasteiger partial charge in [0.05, 0.1) is 18.5 Å². The van der Waals surface area contributed by atoms with Gasteiger partial charge in [-0.05, 0) is 48.9 Å². The maximum Gasteiger partial charge on any atom is 0.283 e. The molecule has 1 saturated heterocycles. The van der Waals surface area contributed by atoms with E-state index in [9.17, 15) is 9.59 Å². The van der Waals surface area contributed by atoms with Crippen LogP contribution in [0.25, 0.3) is 17.0 Å². The number of hydrogen-bond donors (Lipinski definition) is 1. The first-order valence-corrected chi connectivity index (χ1v) is 13.4. The lowest BCUT2D eigenvalue weighted by Gasteiger charge is -2.20. The van der Waals surface area contributed by atoms with Crippen molar-refractivity contribution in [2.24, 2.45) is 10.1 Å². The Morgan fingerprint density at radius 3 is 2.66 bits per heavy atom. The van der Waals surface area contributed by atoms with Crippen LogP contribution in [-0.4, -0.2) is 62.0 Å². The van der Waals surface area contributed by atoms with Gasteiger partial charge in [0.25, 0.3) is 5.91 Å². The molecule has 9 nitrogen and oxygen atoms in total. The van der Waals surface area contributed by atoms with Crippen LogP contribution in [0.5, 0.6) is 5.75 Å². The number of benzene rings is 2. The van der Waals surface area contributed by atoms with Gasteiger partial charge in [0.2, 0.25) is 11.1 Å². The molecule has 1 aromatic heterocycles. The number of amidine groups is 2. The summed E-state index contributed by atoms with van der Waals surface area (Å²) in [5.74, 6) is 0.305. The highest BCUT2D eigenvalue weighted by atomic mass is 32.2. The minimum Gasteiger partial charge on any atom is -0.492 e. The van der Waals surface area contributed by atoms with Gasteiger partial charge in [0, 0.05) is 35.8 Å². The lowest BCUT2D eigenvalue weighted by Crippen LogP contribution is -2.35. The molecular formula is C28H26N6O3S. The number of nitrogens with one attached hydrogen (secondary N) is 1. The fraction of sp³-hybridized carbons (Fsp3) is 0.250. The van der Waals surface area contributed by atoms with E-state index in [-0.39, 0.29) is 23.7 Å². The van der Waals surface area contributed by atoms with Gasteiger partial charge in [-0.25, -0.2) is 0 Å². The van der Waals surface area contributed by atoms with Crippen LogP contribution in [0.3, 0.4) is 0 Å². The van der Waals surface area contributed by atoms with Gasteiger partial charge in [-0.2, -0.15) is 15.1 Å². The highest BCUT2D eigenvalue weighted by Gasteiger charge is 2.36. The Labute approximate surface area is 224 Å². The fourth-order valence-corrected chi connectivity index (χ4v) is 5.70. The molecule has 192 valence electrons. The third-order valence-corrected chi connectivity index (χ3v) is 7.63. The standard InChI is InChI=1S/C28H26N6O3S/c29-26-22(27(36)30-28-34(26)31-24(38-28)17-25(35)32-12-6-7-13-32)16-19-18-33(23-11-5-4-10-21(19)23)14-15-37-20-8-2-1-3-9-20/h1-5,8-11,16,18,29H,6-7,12-15,17H2/b22-16-,29-26?. The van der Waals surface area contributed by atoms with Crippen molar-refractivity contribution in [3.8, 4) is 5.75 Å². The number of hydrogen-bond acceptors (Lipinski definition) is 6. The molecule has 0 saturated carbocycles. The van der Waals surface area contributed by atoms with Crippen LogP contribution in [-0.2, 0) is 16.1 Å². The zero-order valence-electron chi connectivity index (χ0n) is 20.7. The zero-order chi connectivity index (χ0) is 26.1. The normalized spacial score (nSPS) is 18.3. The van der Waals surface area contributed by atoms with Crippen LogP contribution in [0, 0.1) is 5.41 Å². The Morgan fingerprint density at radius 2 is 1.84 bits per heavy atom. The van der Waals surface area contributed by atoms with Crippen molar-refractivity contribution < 1.29 is 14.3 Å². The number of ether oxygens (including phenoxy) is 1. The van der Waals surface area contributed by atoms with Crippen molar-refractivity contribution in [3.63, 3.8) is 0 Å². The largest absolute Gasteiger partial charge is 0.492 e. The number of nitrogens with zero attached hydrogens (tertiary/aromatic N) is 5. The van der Waals surface area contributed by atoms with Gasteiger partial charge >= 0.3 is 0 Å². The molecule has 0 spiro atoms. The predicted octanol–water partition coefficient (Wildman–Crippen LogP) is 4.35. The number of para-hydroxylation sites is 2. The maximum absolute atomic E-state index is 13.0.